The van der Waals surface area contributed by atoms with Gasteiger partial charge in [-0.15, -0.1) is 0 Å². The molecule has 8 N–H and O–H groups in total. The number of thioether (sulfide) groups is 1. The zero-order valence-corrected chi connectivity index (χ0v) is 75.1. The number of ketones is 4. The van der Waals surface area contributed by atoms with Crippen molar-refractivity contribution < 1.29 is 162 Å². The molecule has 3 unspecified atom stereocenters. The highest BCUT2D eigenvalue weighted by atomic mass is 32.2. The standard InChI is InChI=1S/C23H43N3O10.C17H32N2O8.C17H32N2O7S.C11H21NO5.C9H18O4/c1-18(2)20(27)17-25-21(28)19(26-23(30)36-16-14-34-12-10-32-4)7-5-6-8-24-22(29)35-15-13-33-11-9-31-3;1-13(2)15(20)11-18-16(21)14(12-26-8-6-24-4)19-17(22)27-10-9-25-7-5-23-3;1-13(2)15(20)11-18-16(21)14(12-27-10-9-24-4)19-17(22)26-8-7-25-6-5-23-3;1-9(2)10(13)8-12-11(14)17-7-6-16-5-4-15-3;1-8(2)9(10)13-7-6-12-5-4-11-3/h18-19H,5-17H2,1-4H3,(H,24,29)(H,25,28)(H,26,30);2*13-14H,5-12H2,1-4H3,(H,18,21)(H,19,22);9H,4-8H2,1-3H3,(H,12,14);8H,4-7H2,1-3H3. The lowest BCUT2D eigenvalue weighted by Gasteiger charge is -2.18. The molecular weight excluding hydrogens is 1610 g/mol. The largest absolute Gasteiger partial charge is 0.463 e. The topological polar surface area (TPSA) is 512 Å². The van der Waals surface area contributed by atoms with E-state index < -0.39 is 66.3 Å². The maximum Gasteiger partial charge on any atom is 0.407 e. The third-order valence-corrected chi connectivity index (χ3v) is 15.6. The van der Waals surface area contributed by atoms with Crippen LogP contribution in [-0.4, -0.2) is 382 Å². The van der Waals surface area contributed by atoms with Crippen molar-refractivity contribution in [3.8, 4) is 0 Å². The molecule has 0 saturated carbocycles. The molecule has 0 radical (unpaired) electrons. The Bertz CT molecular complexity index is 2530. The summed E-state index contributed by atoms with van der Waals surface area (Å²) >= 11 is 1.45. The fourth-order valence-corrected chi connectivity index (χ4v) is 8.23. The van der Waals surface area contributed by atoms with E-state index in [-0.39, 0.29) is 164 Å². The number of hydrogen-bond acceptors (Lipinski definition) is 35. The molecule has 0 aromatic rings. The minimum Gasteiger partial charge on any atom is -0.463 e. The molecule has 0 aromatic heterocycles. The van der Waals surface area contributed by atoms with E-state index in [1.54, 1.807) is 119 Å². The molecule has 3 atom stereocenters. The van der Waals surface area contributed by atoms with Gasteiger partial charge in [0.2, 0.25) is 17.7 Å². The first-order chi connectivity index (χ1) is 57.4. The number of nitrogens with one attached hydrogen (secondary N) is 8. The lowest BCUT2D eigenvalue weighted by Crippen LogP contribution is -2.51. The Morgan fingerprint density at radius 1 is 0.258 bits per heavy atom. The van der Waals surface area contributed by atoms with E-state index >= 15 is 0 Å². The molecule has 8 amide bonds. The van der Waals surface area contributed by atoms with Gasteiger partial charge in [-0.3, -0.25) is 38.4 Å². The fraction of sp³-hybridized carbons (Fsp3) is 0.831. The van der Waals surface area contributed by atoms with Gasteiger partial charge < -0.3 is 142 Å². The normalized spacial score (nSPS) is 11.4. The Balaban J connectivity index is -0.000000477. The maximum absolute atomic E-state index is 12.6. The van der Waals surface area contributed by atoms with Crippen molar-refractivity contribution in [3.63, 3.8) is 0 Å². The summed E-state index contributed by atoms with van der Waals surface area (Å²) in [6, 6.07) is -2.71. The monoisotopic (exact) mass is 1760 g/mol. The van der Waals surface area contributed by atoms with E-state index in [9.17, 15) is 62.3 Å². The molecule has 43 heteroatoms. The number of carbonyl (C=O) groups is 13. The van der Waals surface area contributed by atoms with Crippen LogP contribution in [-0.2, 0) is 138 Å². The predicted molar refractivity (Wildman–Crippen MR) is 440 cm³/mol. The molecule has 0 aliphatic heterocycles. The van der Waals surface area contributed by atoms with Gasteiger partial charge in [0, 0.05) is 98.6 Å². The number of Topliss-reactive ketones (excluding diaryl/α,β-unsaturated/α-hetero) is 4. The van der Waals surface area contributed by atoms with Gasteiger partial charge in [-0.25, -0.2) is 24.0 Å². The van der Waals surface area contributed by atoms with E-state index in [2.05, 4.69) is 42.5 Å². The molecule has 0 spiro atoms. The van der Waals surface area contributed by atoms with Crippen LogP contribution < -0.4 is 42.5 Å². The van der Waals surface area contributed by atoms with Crippen molar-refractivity contribution in [1.29, 1.82) is 0 Å². The number of unbranched alkanes of at least 4 members (excludes halogenated alkanes) is 1. The molecule has 120 heavy (non-hydrogen) atoms. The first kappa shape index (κ1) is 121. The molecule has 0 saturated heterocycles. The summed E-state index contributed by atoms with van der Waals surface area (Å²) in [5, 5.41) is 20.0. The second kappa shape index (κ2) is 89.4. The first-order valence-corrected chi connectivity index (χ1v) is 40.8. The Labute approximate surface area is 713 Å². The molecule has 0 fully saturated rings. The van der Waals surface area contributed by atoms with Gasteiger partial charge in [-0.05, 0) is 19.3 Å². The number of methoxy groups -OCH3 is 8. The van der Waals surface area contributed by atoms with Crippen LogP contribution in [0.1, 0.15) is 88.5 Å². The molecule has 0 heterocycles. The van der Waals surface area contributed by atoms with Crippen LogP contribution in [0.3, 0.4) is 0 Å². The van der Waals surface area contributed by atoms with Crippen LogP contribution in [0.15, 0.2) is 0 Å². The van der Waals surface area contributed by atoms with Crippen LogP contribution >= 0.6 is 11.8 Å². The zero-order chi connectivity index (χ0) is 91.2. The smallest absolute Gasteiger partial charge is 0.407 e. The van der Waals surface area contributed by atoms with E-state index in [4.69, 9.17) is 99.5 Å². The number of carbonyl (C=O) groups excluding carboxylic acids is 13. The summed E-state index contributed by atoms with van der Waals surface area (Å²) in [5.74, 6) is -1.71. The second-order valence-corrected chi connectivity index (χ2v) is 27.4. The average molecular weight is 1760 g/mol. The van der Waals surface area contributed by atoms with Gasteiger partial charge in [-0.1, -0.05) is 69.2 Å². The summed E-state index contributed by atoms with van der Waals surface area (Å²) < 4.78 is 105. The highest BCUT2D eigenvalue weighted by Crippen LogP contribution is 2.07. The van der Waals surface area contributed by atoms with Crippen molar-refractivity contribution >= 4 is 89.1 Å². The Hall–Kier alpha value is -7.34. The lowest BCUT2D eigenvalue weighted by molar-refractivity contribution is -0.149. The minimum atomic E-state index is -0.997. The van der Waals surface area contributed by atoms with Gasteiger partial charge in [0.25, 0.3) is 0 Å². The molecule has 0 aromatic carbocycles. The number of hydrogen-bond donors (Lipinski definition) is 8. The third-order valence-electron chi connectivity index (χ3n) is 14.6. The number of ether oxygens (including phenoxy) is 21. The van der Waals surface area contributed by atoms with Crippen LogP contribution in [0.25, 0.3) is 0 Å². The van der Waals surface area contributed by atoms with Crippen molar-refractivity contribution in [2.75, 3.05) is 286 Å². The lowest BCUT2D eigenvalue weighted by atomic mass is 10.1. The van der Waals surface area contributed by atoms with Crippen molar-refractivity contribution in [2.45, 2.75) is 107 Å². The van der Waals surface area contributed by atoms with Crippen LogP contribution in [0, 0.1) is 29.6 Å². The second-order valence-electron chi connectivity index (χ2n) is 26.3. The summed E-state index contributed by atoms with van der Waals surface area (Å²) in [6.07, 6.45) is -2.10. The van der Waals surface area contributed by atoms with Gasteiger partial charge in [0.15, 0.2) is 23.1 Å². The Morgan fingerprint density at radius 3 is 0.850 bits per heavy atom. The van der Waals surface area contributed by atoms with Gasteiger partial charge in [-0.2, -0.15) is 11.8 Å². The third kappa shape index (κ3) is 85.6. The summed E-state index contributed by atoms with van der Waals surface area (Å²) in [6.45, 7) is 26.6. The molecular formula is C77H146N8O34S. The van der Waals surface area contributed by atoms with Crippen molar-refractivity contribution in [2.24, 2.45) is 29.6 Å². The highest BCUT2D eigenvalue weighted by Gasteiger charge is 2.26. The molecule has 0 aliphatic carbocycles. The first-order valence-electron chi connectivity index (χ1n) is 39.7. The van der Waals surface area contributed by atoms with E-state index in [1.165, 1.54) is 18.9 Å². The Kier molecular flexibility index (Phi) is 90.3. The number of alkyl carbamates (subject to hydrolysis) is 5. The maximum atomic E-state index is 12.6. The molecule has 0 rings (SSSR count). The minimum absolute atomic E-state index is 0.00102. The number of amides is 8. The molecule has 0 bridgehead atoms. The zero-order valence-electron chi connectivity index (χ0n) is 74.3. The molecule has 0 aliphatic rings. The number of esters is 1. The summed E-state index contributed by atoms with van der Waals surface area (Å²) in [5.41, 5.74) is 0. The predicted octanol–water partition coefficient (Wildman–Crippen LogP) is 2.31. The molecule has 704 valence electrons. The summed E-state index contributed by atoms with van der Waals surface area (Å²) in [7, 11) is 12.6. The van der Waals surface area contributed by atoms with Gasteiger partial charge in [0.1, 0.15) is 57.8 Å². The highest BCUT2D eigenvalue weighted by molar-refractivity contribution is 7.99. The van der Waals surface area contributed by atoms with Gasteiger partial charge in [0.05, 0.1) is 177 Å². The Morgan fingerprint density at radius 2 is 0.525 bits per heavy atom. The molecule has 42 nitrogen and oxygen atoms in total. The quantitative estimate of drug-likeness (QED) is 0.0246. The van der Waals surface area contributed by atoms with E-state index in [0.29, 0.717) is 143 Å². The van der Waals surface area contributed by atoms with Crippen molar-refractivity contribution in [1.82, 2.24) is 42.5 Å². The van der Waals surface area contributed by atoms with E-state index in [0.717, 1.165) is 0 Å². The fourth-order valence-electron chi connectivity index (χ4n) is 7.31. The number of rotatable bonds is 70. The average Bonchev–Trinajstić information content (AvgIpc) is 0.921. The summed E-state index contributed by atoms with van der Waals surface area (Å²) in [4.78, 5) is 153. The van der Waals surface area contributed by atoms with Crippen LogP contribution in [0.4, 0.5) is 24.0 Å². The SMILES string of the molecule is COCCOCCOC(=O)C(C)C.COCCOCCOC(=O)NC(COCCOC)C(=O)NCC(=O)C(C)C.COCCOCCOC(=O)NC(CSCCOC)C(=O)NCC(=O)C(C)C.COCCOCCOC(=O)NCC(=O)C(C)C.COCCOCCOC(=O)NCCCCC(NC(=O)OCCOCCOC)C(=O)NCC(=O)C(C)C. The van der Waals surface area contributed by atoms with Crippen LogP contribution in [0.2, 0.25) is 0 Å². The van der Waals surface area contributed by atoms with E-state index in [1.807, 2.05) is 0 Å². The van der Waals surface area contributed by atoms with Crippen LogP contribution in [0.5, 0.6) is 0 Å². The van der Waals surface area contributed by atoms with Crippen molar-refractivity contribution in [3.05, 3.63) is 0 Å². The van der Waals surface area contributed by atoms with Gasteiger partial charge >= 0.3 is 36.4 Å².